The molecule has 0 saturated carbocycles. The zero-order valence-electron chi connectivity index (χ0n) is 15.7. The van der Waals surface area contributed by atoms with Gasteiger partial charge in [0.1, 0.15) is 5.69 Å². The van der Waals surface area contributed by atoms with Gasteiger partial charge in [0.05, 0.1) is 5.69 Å². The lowest BCUT2D eigenvalue weighted by molar-refractivity contribution is -0.122. The highest BCUT2D eigenvalue weighted by molar-refractivity contribution is 7.99. The second-order valence-electron chi connectivity index (χ2n) is 6.59. The first-order valence-corrected chi connectivity index (χ1v) is 9.84. The Morgan fingerprint density at radius 3 is 2.50 bits per heavy atom. The molecule has 0 bridgehead atoms. The molecule has 0 fully saturated rings. The third-order valence-electron chi connectivity index (χ3n) is 4.34. The molecule has 8 heteroatoms. The summed E-state index contributed by atoms with van der Waals surface area (Å²) >= 11 is 1.69. The van der Waals surface area contributed by atoms with Crippen LogP contribution in [0.5, 0.6) is 0 Å². The van der Waals surface area contributed by atoms with E-state index in [1.807, 2.05) is 24.3 Å². The molecule has 0 saturated heterocycles. The van der Waals surface area contributed by atoms with Gasteiger partial charge in [0, 0.05) is 49.8 Å². The molecule has 0 radical (unpaired) electrons. The highest BCUT2D eigenvalue weighted by Crippen LogP contribution is 2.34. The van der Waals surface area contributed by atoms with Gasteiger partial charge in [0.15, 0.2) is 11.6 Å². The maximum absolute atomic E-state index is 14.0. The molecule has 1 N–H and O–H groups in total. The number of fused-ring (bicyclic) bond motifs is 1. The van der Waals surface area contributed by atoms with Gasteiger partial charge in [-0.2, -0.15) is 0 Å². The summed E-state index contributed by atoms with van der Waals surface area (Å²) in [5.41, 5.74) is 0.708. The maximum atomic E-state index is 14.0. The Morgan fingerprint density at radius 2 is 1.82 bits per heavy atom. The number of benzene rings is 2. The highest BCUT2D eigenvalue weighted by Gasteiger charge is 2.23. The number of hydrogen-bond donors (Lipinski definition) is 1. The normalized spacial score (nSPS) is 13.1. The lowest BCUT2D eigenvalue weighted by Gasteiger charge is -2.29. The summed E-state index contributed by atoms with van der Waals surface area (Å²) in [7, 11) is 3.06. The van der Waals surface area contributed by atoms with Crippen LogP contribution in [0.25, 0.3) is 0 Å². The Hall–Kier alpha value is -2.61. The number of nitrogens with zero attached hydrogens (tertiary/aromatic N) is 2. The Kier molecular flexibility index (Phi) is 6.18. The molecule has 5 nitrogen and oxygen atoms in total. The van der Waals surface area contributed by atoms with Gasteiger partial charge in [0.25, 0.3) is 0 Å². The first kappa shape index (κ1) is 20.1. The number of carbonyl (C=O) groups excluding carboxylic acids is 2. The summed E-state index contributed by atoms with van der Waals surface area (Å²) in [5, 5.41) is 2.45. The zero-order valence-corrected chi connectivity index (χ0v) is 16.5. The van der Waals surface area contributed by atoms with Gasteiger partial charge in [-0.15, -0.1) is 11.8 Å². The van der Waals surface area contributed by atoms with E-state index in [1.165, 1.54) is 19.0 Å². The Bertz CT molecular complexity index is 882. The first-order valence-electron chi connectivity index (χ1n) is 8.85. The number of hydrogen-bond acceptors (Lipinski definition) is 4. The van der Waals surface area contributed by atoms with Crippen molar-refractivity contribution in [2.24, 2.45) is 0 Å². The largest absolute Gasteiger partial charge is 0.373 e. The number of rotatable bonds is 5. The highest BCUT2D eigenvalue weighted by atomic mass is 32.2. The number of nitrogens with one attached hydrogen (secondary N) is 1. The van der Waals surface area contributed by atoms with Crippen molar-refractivity contribution in [3.05, 3.63) is 48.0 Å². The van der Waals surface area contributed by atoms with Crippen molar-refractivity contribution in [1.82, 2.24) is 0 Å². The molecule has 28 heavy (non-hydrogen) atoms. The van der Waals surface area contributed by atoms with Crippen LogP contribution in [0.1, 0.15) is 12.8 Å². The second-order valence-corrected chi connectivity index (χ2v) is 7.73. The lowest BCUT2D eigenvalue weighted by atomic mass is 10.2. The molecule has 2 aromatic rings. The van der Waals surface area contributed by atoms with Crippen LogP contribution < -0.4 is 15.1 Å². The van der Waals surface area contributed by atoms with E-state index in [0.717, 1.165) is 28.5 Å². The molecule has 1 aliphatic heterocycles. The third kappa shape index (κ3) is 4.44. The van der Waals surface area contributed by atoms with Crippen LogP contribution in [0.4, 0.5) is 25.8 Å². The topological polar surface area (TPSA) is 52.7 Å². The molecular weight excluding hydrogens is 384 g/mol. The van der Waals surface area contributed by atoms with Gasteiger partial charge < -0.3 is 15.1 Å². The predicted molar refractivity (Wildman–Crippen MR) is 108 cm³/mol. The van der Waals surface area contributed by atoms with Crippen molar-refractivity contribution >= 4 is 40.6 Å². The predicted octanol–water partition coefficient (Wildman–Crippen LogP) is 3.89. The van der Waals surface area contributed by atoms with Crippen molar-refractivity contribution in [1.29, 1.82) is 0 Å². The summed E-state index contributed by atoms with van der Waals surface area (Å²) in [6, 6.07) is 9.78. The lowest BCUT2D eigenvalue weighted by Crippen LogP contribution is -2.35. The number of halogens is 2. The molecule has 2 amide bonds. The molecule has 0 atom stereocenters. The summed E-state index contributed by atoms with van der Waals surface area (Å²) in [4.78, 5) is 28.8. The fourth-order valence-electron chi connectivity index (χ4n) is 3.07. The van der Waals surface area contributed by atoms with Crippen LogP contribution in [0.2, 0.25) is 0 Å². The van der Waals surface area contributed by atoms with Crippen LogP contribution >= 0.6 is 11.8 Å². The standard InChI is InChI=1S/C20H21F2N3O2S/c1-24(2)20-14(21)11-13(12-15(20)22)23-18(26)7-8-19(27)25-9-10-28-17-6-4-3-5-16(17)25/h3-6,11-12H,7-10H2,1-2H3,(H,23,26). The zero-order chi connectivity index (χ0) is 20.3. The van der Waals surface area contributed by atoms with Gasteiger partial charge in [-0.1, -0.05) is 12.1 Å². The Morgan fingerprint density at radius 1 is 1.14 bits per heavy atom. The molecule has 0 aromatic heterocycles. The van der Waals surface area contributed by atoms with E-state index in [2.05, 4.69) is 5.32 Å². The van der Waals surface area contributed by atoms with Gasteiger partial charge >= 0.3 is 0 Å². The monoisotopic (exact) mass is 405 g/mol. The van der Waals surface area contributed by atoms with Crippen LogP contribution in [0.3, 0.4) is 0 Å². The molecule has 0 spiro atoms. The number of para-hydroxylation sites is 1. The fourth-order valence-corrected chi connectivity index (χ4v) is 4.07. The molecule has 1 heterocycles. The van der Waals surface area contributed by atoms with Crippen molar-refractivity contribution in [2.75, 3.05) is 41.5 Å². The van der Waals surface area contributed by atoms with E-state index < -0.39 is 17.5 Å². The Labute approximate surface area is 166 Å². The van der Waals surface area contributed by atoms with Gasteiger partial charge in [-0.25, -0.2) is 8.78 Å². The van der Waals surface area contributed by atoms with Crippen molar-refractivity contribution in [2.45, 2.75) is 17.7 Å². The van der Waals surface area contributed by atoms with E-state index in [-0.39, 0.29) is 30.1 Å². The number of thioether (sulfide) groups is 1. The van der Waals surface area contributed by atoms with Gasteiger partial charge in [-0.3, -0.25) is 9.59 Å². The molecule has 3 rings (SSSR count). The first-order chi connectivity index (χ1) is 13.4. The van der Waals surface area contributed by atoms with Crippen LogP contribution in [0, 0.1) is 11.6 Å². The third-order valence-corrected chi connectivity index (χ3v) is 5.39. The van der Waals surface area contributed by atoms with Crippen molar-refractivity contribution < 1.29 is 18.4 Å². The van der Waals surface area contributed by atoms with Crippen molar-refractivity contribution in [3.8, 4) is 0 Å². The Balaban J connectivity index is 1.60. The average molecular weight is 405 g/mol. The number of amides is 2. The SMILES string of the molecule is CN(C)c1c(F)cc(NC(=O)CCC(=O)N2CCSc3ccccc32)cc1F. The summed E-state index contributed by atoms with van der Waals surface area (Å²) < 4.78 is 28.0. The molecule has 1 aliphatic rings. The van der Waals surface area contributed by atoms with E-state index in [1.54, 1.807) is 16.7 Å². The molecule has 0 unspecified atom stereocenters. The minimum absolute atomic E-state index is 0.0194. The maximum Gasteiger partial charge on any atom is 0.227 e. The average Bonchev–Trinajstić information content (AvgIpc) is 2.64. The quantitative estimate of drug-likeness (QED) is 0.820. The summed E-state index contributed by atoms with van der Waals surface area (Å²) in [6.07, 6.45) is -0.0467. The molecule has 0 aliphatic carbocycles. The minimum Gasteiger partial charge on any atom is -0.373 e. The summed E-state index contributed by atoms with van der Waals surface area (Å²) in [6.45, 7) is 0.588. The van der Waals surface area contributed by atoms with Crippen molar-refractivity contribution in [3.63, 3.8) is 0 Å². The number of carbonyl (C=O) groups is 2. The second kappa shape index (κ2) is 8.60. The van der Waals surface area contributed by atoms with Crippen LogP contribution in [-0.2, 0) is 9.59 Å². The minimum atomic E-state index is -0.765. The van der Waals surface area contributed by atoms with Gasteiger partial charge in [0.2, 0.25) is 11.8 Å². The molecule has 148 valence electrons. The van der Waals surface area contributed by atoms with E-state index in [0.29, 0.717) is 6.54 Å². The summed E-state index contributed by atoms with van der Waals surface area (Å²) in [5.74, 6) is -1.35. The van der Waals surface area contributed by atoms with E-state index >= 15 is 0 Å². The fraction of sp³-hybridized carbons (Fsp3) is 0.300. The van der Waals surface area contributed by atoms with Gasteiger partial charge in [-0.05, 0) is 24.3 Å². The number of anilines is 3. The molecule has 2 aromatic carbocycles. The molecular formula is C20H21F2N3O2S. The van der Waals surface area contributed by atoms with Crippen LogP contribution in [-0.4, -0.2) is 38.2 Å². The van der Waals surface area contributed by atoms with E-state index in [9.17, 15) is 18.4 Å². The smallest absolute Gasteiger partial charge is 0.227 e. The van der Waals surface area contributed by atoms with E-state index in [4.69, 9.17) is 0 Å². The van der Waals surface area contributed by atoms with Crippen LogP contribution in [0.15, 0.2) is 41.3 Å².